The molecule has 21 heavy (non-hydrogen) atoms. The highest BCUT2D eigenvalue weighted by molar-refractivity contribution is 7.89. The smallest absolute Gasteiger partial charge is 0.239 e. The third-order valence-corrected chi connectivity index (χ3v) is 4.53. The molecule has 6 nitrogen and oxygen atoms in total. The normalized spacial score (nSPS) is 18.6. The van der Waals surface area contributed by atoms with Crippen molar-refractivity contribution in [3.8, 4) is 0 Å². The molecule has 1 aromatic carbocycles. The summed E-state index contributed by atoms with van der Waals surface area (Å²) in [5.41, 5.74) is 0.281. The van der Waals surface area contributed by atoms with Gasteiger partial charge in [-0.3, -0.25) is 4.79 Å². The van der Waals surface area contributed by atoms with E-state index in [1.807, 2.05) is 0 Å². The Hall–Kier alpha value is -1.51. The summed E-state index contributed by atoms with van der Waals surface area (Å²) in [6.45, 7) is 0.614. The molecule has 1 aliphatic heterocycles. The van der Waals surface area contributed by atoms with Gasteiger partial charge in [0.25, 0.3) is 0 Å². The van der Waals surface area contributed by atoms with Crippen molar-refractivity contribution < 1.29 is 22.3 Å². The van der Waals surface area contributed by atoms with E-state index in [0.717, 1.165) is 6.07 Å². The number of halogens is 1. The minimum absolute atomic E-state index is 0.0335. The van der Waals surface area contributed by atoms with E-state index >= 15 is 0 Å². The predicted molar refractivity (Wildman–Crippen MR) is 75.7 cm³/mol. The van der Waals surface area contributed by atoms with Crippen LogP contribution in [0.25, 0.3) is 0 Å². The quantitative estimate of drug-likeness (QED) is 0.810. The van der Waals surface area contributed by atoms with E-state index in [1.54, 1.807) is 0 Å². The van der Waals surface area contributed by atoms with E-state index < -0.39 is 21.7 Å². The molecule has 1 atom stereocenters. The number of amides is 1. The number of carbonyl (C=O) groups excluding carboxylic acids is 1. The van der Waals surface area contributed by atoms with Gasteiger partial charge in [0.2, 0.25) is 15.9 Å². The number of anilines is 1. The molecule has 1 aliphatic rings. The van der Waals surface area contributed by atoms with Crippen LogP contribution in [0.15, 0.2) is 24.3 Å². The van der Waals surface area contributed by atoms with Crippen molar-refractivity contribution in [2.45, 2.75) is 6.42 Å². The van der Waals surface area contributed by atoms with Crippen LogP contribution in [0.4, 0.5) is 10.1 Å². The molecule has 1 amide bonds. The number of carbonyl (C=O) groups is 1. The van der Waals surface area contributed by atoms with Gasteiger partial charge in [0.05, 0.1) is 18.9 Å². The maximum atomic E-state index is 12.9. The molecule has 0 unspecified atom stereocenters. The number of benzene rings is 1. The van der Waals surface area contributed by atoms with Gasteiger partial charge in [0, 0.05) is 12.3 Å². The molecule has 0 aromatic heterocycles. The second-order valence-electron chi connectivity index (χ2n) is 4.89. The minimum atomic E-state index is -3.53. The van der Waals surface area contributed by atoms with Gasteiger partial charge in [-0.2, -0.15) is 0 Å². The van der Waals surface area contributed by atoms with Crippen molar-refractivity contribution in [3.05, 3.63) is 30.1 Å². The largest absolute Gasteiger partial charge is 0.381 e. The Balaban J connectivity index is 1.80. The SMILES string of the molecule is O=C(CNS(=O)(=O)C[C@@H]1CCOC1)Nc1cccc(F)c1. The van der Waals surface area contributed by atoms with Crippen molar-refractivity contribution in [1.82, 2.24) is 4.72 Å². The molecule has 8 heteroatoms. The van der Waals surface area contributed by atoms with Gasteiger partial charge in [-0.15, -0.1) is 0 Å². The maximum Gasteiger partial charge on any atom is 0.239 e. The first-order valence-electron chi connectivity index (χ1n) is 6.55. The summed E-state index contributed by atoms with van der Waals surface area (Å²) in [5.74, 6) is -1.12. The molecule has 1 fully saturated rings. The van der Waals surface area contributed by atoms with Crippen LogP contribution in [0.3, 0.4) is 0 Å². The summed E-state index contributed by atoms with van der Waals surface area (Å²) < 4.78 is 43.9. The highest BCUT2D eigenvalue weighted by atomic mass is 32.2. The lowest BCUT2D eigenvalue weighted by atomic mass is 10.2. The summed E-state index contributed by atoms with van der Waals surface area (Å²) in [7, 11) is -3.53. The molecular formula is C13H17FN2O4S. The van der Waals surface area contributed by atoms with Gasteiger partial charge < -0.3 is 10.1 Å². The molecule has 1 heterocycles. The van der Waals surface area contributed by atoms with Crippen LogP contribution in [0.5, 0.6) is 0 Å². The Labute approximate surface area is 122 Å². The molecule has 0 saturated carbocycles. The first kappa shape index (κ1) is 15.9. The third kappa shape index (κ3) is 5.41. The number of hydrogen-bond acceptors (Lipinski definition) is 4. The molecule has 1 aromatic rings. The highest BCUT2D eigenvalue weighted by Gasteiger charge is 2.23. The standard InChI is InChI=1S/C13H17FN2O4S/c14-11-2-1-3-12(6-11)16-13(17)7-15-21(18,19)9-10-4-5-20-8-10/h1-3,6,10,15H,4-5,7-9H2,(H,16,17)/t10-/m1/s1. The van der Waals surface area contributed by atoms with E-state index in [4.69, 9.17) is 4.74 Å². The Morgan fingerprint density at radius 1 is 1.43 bits per heavy atom. The molecule has 0 spiro atoms. The van der Waals surface area contributed by atoms with Gasteiger partial charge in [0.15, 0.2) is 0 Å². The number of nitrogens with one attached hydrogen (secondary N) is 2. The molecule has 0 bridgehead atoms. The summed E-state index contributed by atoms with van der Waals surface area (Å²) in [5, 5.41) is 2.42. The Morgan fingerprint density at radius 2 is 2.24 bits per heavy atom. The Kier molecular flexibility index (Phi) is 5.27. The van der Waals surface area contributed by atoms with Crippen LogP contribution in [0.1, 0.15) is 6.42 Å². The van der Waals surface area contributed by atoms with Gasteiger partial charge in [-0.05, 0) is 30.5 Å². The zero-order chi connectivity index (χ0) is 15.3. The maximum absolute atomic E-state index is 12.9. The van der Waals surface area contributed by atoms with Crippen LogP contribution in [-0.4, -0.2) is 39.8 Å². The van der Waals surface area contributed by atoms with Gasteiger partial charge in [-0.25, -0.2) is 17.5 Å². The minimum Gasteiger partial charge on any atom is -0.381 e. The van der Waals surface area contributed by atoms with Crippen molar-refractivity contribution in [2.75, 3.05) is 30.8 Å². The lowest BCUT2D eigenvalue weighted by molar-refractivity contribution is -0.115. The third-order valence-electron chi connectivity index (χ3n) is 3.04. The average Bonchev–Trinajstić information content (AvgIpc) is 2.89. The molecule has 2 rings (SSSR count). The highest BCUT2D eigenvalue weighted by Crippen LogP contribution is 2.14. The molecule has 0 aliphatic carbocycles. The molecule has 116 valence electrons. The number of ether oxygens (including phenoxy) is 1. The topological polar surface area (TPSA) is 84.5 Å². The lowest BCUT2D eigenvalue weighted by Crippen LogP contribution is -2.36. The number of hydrogen-bond donors (Lipinski definition) is 2. The second-order valence-corrected chi connectivity index (χ2v) is 6.74. The first-order chi connectivity index (χ1) is 9.94. The Morgan fingerprint density at radius 3 is 2.90 bits per heavy atom. The summed E-state index contributed by atoms with van der Waals surface area (Å²) in [4.78, 5) is 11.6. The van der Waals surface area contributed by atoms with Crippen LogP contribution >= 0.6 is 0 Å². The van der Waals surface area contributed by atoms with E-state index in [0.29, 0.717) is 19.6 Å². The summed E-state index contributed by atoms with van der Waals surface area (Å²) >= 11 is 0. The number of sulfonamides is 1. The fraction of sp³-hybridized carbons (Fsp3) is 0.462. The lowest BCUT2D eigenvalue weighted by Gasteiger charge is -2.10. The van der Waals surface area contributed by atoms with Crippen LogP contribution in [-0.2, 0) is 19.6 Å². The van der Waals surface area contributed by atoms with Crippen molar-refractivity contribution >= 4 is 21.6 Å². The van der Waals surface area contributed by atoms with Crippen molar-refractivity contribution in [3.63, 3.8) is 0 Å². The second kappa shape index (κ2) is 6.97. The molecule has 2 N–H and O–H groups in total. The monoisotopic (exact) mass is 316 g/mol. The van der Waals surface area contributed by atoms with Gasteiger partial charge >= 0.3 is 0 Å². The molecular weight excluding hydrogens is 299 g/mol. The fourth-order valence-electron chi connectivity index (χ4n) is 2.03. The fourth-order valence-corrected chi connectivity index (χ4v) is 3.38. The zero-order valence-electron chi connectivity index (χ0n) is 11.3. The van der Waals surface area contributed by atoms with Crippen LogP contribution in [0, 0.1) is 11.7 Å². The van der Waals surface area contributed by atoms with Crippen LogP contribution in [0.2, 0.25) is 0 Å². The van der Waals surface area contributed by atoms with E-state index in [1.165, 1.54) is 18.2 Å². The van der Waals surface area contributed by atoms with E-state index in [-0.39, 0.29) is 23.9 Å². The summed E-state index contributed by atoms with van der Waals surface area (Å²) in [6.07, 6.45) is 0.705. The summed E-state index contributed by atoms with van der Waals surface area (Å²) in [6, 6.07) is 5.38. The number of rotatable bonds is 6. The Bertz CT molecular complexity index is 600. The predicted octanol–water partition coefficient (Wildman–Crippen LogP) is 0.720. The van der Waals surface area contributed by atoms with Gasteiger partial charge in [-0.1, -0.05) is 6.07 Å². The van der Waals surface area contributed by atoms with Crippen LogP contribution < -0.4 is 10.0 Å². The van der Waals surface area contributed by atoms with E-state index in [2.05, 4.69) is 10.0 Å². The molecule has 0 radical (unpaired) electrons. The van der Waals surface area contributed by atoms with Gasteiger partial charge in [0.1, 0.15) is 5.82 Å². The average molecular weight is 316 g/mol. The first-order valence-corrected chi connectivity index (χ1v) is 8.20. The molecule has 1 saturated heterocycles. The van der Waals surface area contributed by atoms with Crippen molar-refractivity contribution in [1.29, 1.82) is 0 Å². The van der Waals surface area contributed by atoms with E-state index in [9.17, 15) is 17.6 Å². The zero-order valence-corrected chi connectivity index (χ0v) is 12.2. The van der Waals surface area contributed by atoms with Crippen molar-refractivity contribution in [2.24, 2.45) is 5.92 Å².